The van der Waals surface area contributed by atoms with Gasteiger partial charge in [0, 0.05) is 0 Å². The summed E-state index contributed by atoms with van der Waals surface area (Å²) in [4.78, 5) is 0. The second kappa shape index (κ2) is 2.19. The van der Waals surface area contributed by atoms with E-state index in [-0.39, 0.29) is 16.8 Å². The Labute approximate surface area is 45.7 Å². The molecule has 1 aliphatic rings. The summed E-state index contributed by atoms with van der Waals surface area (Å²) in [5, 5.41) is 14.0. The van der Waals surface area contributed by atoms with E-state index in [9.17, 15) is 5.11 Å². The number of allylic oxidation sites excluding steroid dienone is 2. The van der Waals surface area contributed by atoms with Gasteiger partial charge in [0.2, 0.25) is 0 Å². The Kier molecular flexibility index (Phi) is 1.54. The van der Waals surface area contributed by atoms with Crippen molar-refractivity contribution in [3.63, 3.8) is 0 Å². The molecule has 7 heavy (non-hydrogen) atoms. The summed E-state index contributed by atoms with van der Waals surface area (Å²) in [6.07, 6.45) is 3.87. The maximum Gasteiger partial charge on any atom is 0.117 e. The second-order valence-corrected chi connectivity index (χ2v) is 3.21. The number of rotatable bonds is 1. The number of hydrogen-bond donors (Lipinski definition) is 1. The fourth-order valence-corrected chi connectivity index (χ4v) is 1.37. The molecule has 0 aliphatic carbocycles. The minimum Gasteiger partial charge on any atom is -0.226 e. The van der Waals surface area contributed by atoms with Gasteiger partial charge in [0.05, 0.1) is 0 Å². The molecule has 0 aromatic heterocycles. The molecule has 39 valence electrons. The van der Waals surface area contributed by atoms with Crippen molar-refractivity contribution < 1.29 is 5.11 Å². The van der Waals surface area contributed by atoms with Crippen LogP contribution in [0.1, 0.15) is 0 Å². The molecule has 1 radical (unpaired) electrons. The number of hydrogen-bond acceptors (Lipinski definition) is 0. The van der Waals surface area contributed by atoms with Crippen molar-refractivity contribution in [1.82, 2.24) is 0 Å². The quantitative estimate of drug-likeness (QED) is 0.499. The fraction of sp³-hybridized carbons (Fsp3) is 0.200. The van der Waals surface area contributed by atoms with E-state index < -0.39 is 0 Å². The fourth-order valence-electron chi connectivity index (χ4n) is 0.456. The minimum absolute atomic E-state index is 0.0579. The molecule has 1 aliphatic heterocycles. The van der Waals surface area contributed by atoms with Crippen molar-refractivity contribution in [2.45, 2.75) is 0 Å². The molecule has 0 spiro atoms. The van der Waals surface area contributed by atoms with Crippen molar-refractivity contribution in [3.05, 3.63) is 23.0 Å². The van der Waals surface area contributed by atoms with Gasteiger partial charge in [-0.15, -0.1) is 0 Å². The van der Waals surface area contributed by atoms with Gasteiger partial charge in [-0.05, 0) is 10.8 Å². The van der Waals surface area contributed by atoms with Gasteiger partial charge in [-0.1, -0.05) is 12.2 Å². The first-order valence-corrected chi connectivity index (χ1v) is 3.79. The largest absolute Gasteiger partial charge is 0.226 e. The Morgan fingerprint density at radius 2 is 1.86 bits per heavy atom. The summed E-state index contributed by atoms with van der Waals surface area (Å²) in [5.74, 6) is 0.0579. The van der Waals surface area contributed by atoms with Crippen LogP contribution in [0.25, 0.3) is 0 Å². The third kappa shape index (κ3) is 1.08. The average Bonchev–Trinajstić information content (AvgIpc) is 2.14. The van der Waals surface area contributed by atoms with Gasteiger partial charge in [0.25, 0.3) is 0 Å². The van der Waals surface area contributed by atoms with E-state index in [0.29, 0.717) is 0 Å². The van der Waals surface area contributed by atoms with Gasteiger partial charge in [0.15, 0.2) is 0 Å². The molecule has 1 nitrogen and oxygen atoms in total. The van der Waals surface area contributed by atoms with Crippen LogP contribution in [0.5, 0.6) is 0 Å². The molecule has 0 amide bonds. The van der Waals surface area contributed by atoms with E-state index in [1.807, 2.05) is 23.0 Å². The Bertz CT molecular complexity index is 94.6. The van der Waals surface area contributed by atoms with Gasteiger partial charge in [-0.2, -0.15) is 10.9 Å². The SMILES string of the molecule is [O]C[SH]1C=CC=C1. The molecule has 0 saturated carbocycles. The maximum atomic E-state index is 10.1. The molecule has 1 heterocycles. The van der Waals surface area contributed by atoms with Crippen molar-refractivity contribution in [3.8, 4) is 0 Å². The van der Waals surface area contributed by atoms with Gasteiger partial charge < -0.3 is 0 Å². The van der Waals surface area contributed by atoms with E-state index in [1.54, 1.807) is 0 Å². The first kappa shape index (κ1) is 4.94. The monoisotopic (exact) mass is 115 g/mol. The smallest absolute Gasteiger partial charge is 0.117 e. The van der Waals surface area contributed by atoms with Crippen molar-refractivity contribution in [1.29, 1.82) is 0 Å². The average molecular weight is 115 g/mol. The standard InChI is InChI=1S/C5H7OS/c6-5-7-3-1-2-4-7/h1-4,7H,5H2. The zero-order valence-corrected chi connectivity index (χ0v) is 4.77. The third-order valence-corrected chi connectivity index (χ3v) is 2.22. The Balaban J connectivity index is 2.44. The lowest BCUT2D eigenvalue weighted by Crippen LogP contribution is -1.70. The van der Waals surface area contributed by atoms with Crippen LogP contribution in [0.3, 0.4) is 0 Å². The summed E-state index contributed by atoms with van der Waals surface area (Å²) in [6, 6.07) is 0. The van der Waals surface area contributed by atoms with Crippen LogP contribution in [0, 0.1) is 0 Å². The van der Waals surface area contributed by atoms with E-state index in [2.05, 4.69) is 0 Å². The van der Waals surface area contributed by atoms with Crippen LogP contribution >= 0.6 is 10.9 Å². The molecule has 0 aromatic rings. The van der Waals surface area contributed by atoms with E-state index in [0.717, 1.165) is 0 Å². The highest BCUT2D eigenvalue weighted by Gasteiger charge is 1.93. The highest BCUT2D eigenvalue weighted by Crippen LogP contribution is 2.30. The summed E-state index contributed by atoms with van der Waals surface area (Å²) in [5.41, 5.74) is 0. The van der Waals surface area contributed by atoms with Gasteiger partial charge >= 0.3 is 0 Å². The van der Waals surface area contributed by atoms with Crippen LogP contribution in [-0.4, -0.2) is 5.94 Å². The summed E-state index contributed by atoms with van der Waals surface area (Å²) in [6.45, 7) is 0. The van der Waals surface area contributed by atoms with Crippen molar-refractivity contribution >= 4 is 10.9 Å². The number of thiol groups is 1. The lowest BCUT2D eigenvalue weighted by Gasteiger charge is -1.98. The van der Waals surface area contributed by atoms with Gasteiger partial charge in [0.1, 0.15) is 5.94 Å². The van der Waals surface area contributed by atoms with E-state index in [4.69, 9.17) is 0 Å². The normalized spacial score (nSPS) is 21.6. The van der Waals surface area contributed by atoms with Crippen LogP contribution in [0.4, 0.5) is 0 Å². The molecule has 0 atom stereocenters. The molecule has 0 bridgehead atoms. The van der Waals surface area contributed by atoms with Crippen LogP contribution in [0.15, 0.2) is 23.0 Å². The Hall–Kier alpha value is -0.210. The summed E-state index contributed by atoms with van der Waals surface area (Å²) in [7, 11) is -0.360. The van der Waals surface area contributed by atoms with Crippen LogP contribution in [-0.2, 0) is 5.11 Å². The molecule has 0 unspecified atom stereocenters. The lowest BCUT2D eigenvalue weighted by molar-refractivity contribution is 0.260. The first-order valence-electron chi connectivity index (χ1n) is 2.12. The molecular weight excluding hydrogens is 108 g/mol. The van der Waals surface area contributed by atoms with E-state index in [1.165, 1.54) is 0 Å². The van der Waals surface area contributed by atoms with E-state index >= 15 is 0 Å². The van der Waals surface area contributed by atoms with Gasteiger partial charge in [-0.25, -0.2) is 5.11 Å². The summed E-state index contributed by atoms with van der Waals surface area (Å²) >= 11 is 0. The predicted octanol–water partition coefficient (Wildman–Crippen LogP) is 1.42. The predicted molar refractivity (Wildman–Crippen MR) is 32.8 cm³/mol. The molecule has 2 heteroatoms. The molecule has 1 rings (SSSR count). The second-order valence-electron chi connectivity index (χ2n) is 1.33. The Morgan fingerprint density at radius 3 is 2.14 bits per heavy atom. The van der Waals surface area contributed by atoms with Crippen molar-refractivity contribution in [2.75, 3.05) is 5.94 Å². The maximum absolute atomic E-state index is 10.1. The minimum atomic E-state index is -0.360. The topological polar surface area (TPSA) is 19.9 Å². The van der Waals surface area contributed by atoms with Crippen LogP contribution < -0.4 is 0 Å². The molecule has 0 saturated heterocycles. The van der Waals surface area contributed by atoms with Crippen LogP contribution in [0.2, 0.25) is 0 Å². The summed E-state index contributed by atoms with van der Waals surface area (Å²) < 4.78 is 0. The first-order chi connectivity index (χ1) is 3.43. The van der Waals surface area contributed by atoms with Crippen molar-refractivity contribution in [2.24, 2.45) is 0 Å². The molecular formula is C5H7OS. The molecule has 0 aromatic carbocycles. The highest BCUT2D eigenvalue weighted by molar-refractivity contribution is 8.22. The van der Waals surface area contributed by atoms with Gasteiger partial charge in [-0.3, -0.25) is 0 Å². The molecule has 0 fully saturated rings. The lowest BCUT2D eigenvalue weighted by atomic mass is 10.6. The zero-order chi connectivity index (χ0) is 5.11. The molecule has 0 N–H and O–H groups in total. The highest BCUT2D eigenvalue weighted by atomic mass is 32.2. The Morgan fingerprint density at radius 1 is 1.29 bits per heavy atom. The zero-order valence-electron chi connectivity index (χ0n) is 3.87. The third-order valence-electron chi connectivity index (χ3n) is 0.815.